The minimum Gasteiger partial charge on any atom is -0.355 e. The minimum absolute atomic E-state index is 0.0284. The van der Waals surface area contributed by atoms with Crippen molar-refractivity contribution >= 4 is 17.5 Å². The number of rotatable bonds is 2. The highest BCUT2D eigenvalue weighted by Gasteiger charge is 2.13. The number of benzene rings is 2. The maximum atomic E-state index is 13.3. The second-order valence-corrected chi connectivity index (χ2v) is 4.46. The summed E-state index contributed by atoms with van der Waals surface area (Å²) in [6, 6.07) is 16.0. The van der Waals surface area contributed by atoms with Crippen LogP contribution in [0.25, 0.3) is 6.08 Å². The summed E-state index contributed by atoms with van der Waals surface area (Å²) in [6.45, 7) is 0. The van der Waals surface area contributed by atoms with E-state index in [0.29, 0.717) is 6.42 Å². The van der Waals surface area contributed by atoms with Crippen LogP contribution in [0.3, 0.4) is 0 Å². The molecule has 1 aliphatic carbocycles. The van der Waals surface area contributed by atoms with E-state index in [0.717, 1.165) is 23.4 Å². The summed E-state index contributed by atoms with van der Waals surface area (Å²) < 4.78 is 13.3. The van der Waals surface area contributed by atoms with Crippen LogP contribution in [0, 0.1) is 0 Å². The van der Waals surface area contributed by atoms with Crippen LogP contribution in [-0.2, 0) is 6.42 Å². The maximum Gasteiger partial charge on any atom is 0.101 e. The van der Waals surface area contributed by atoms with Crippen molar-refractivity contribution in [2.75, 3.05) is 5.32 Å². The molecule has 0 radical (unpaired) electrons. The number of fused-ring (bicyclic) bond motifs is 1. The smallest absolute Gasteiger partial charge is 0.101 e. The normalized spacial score (nSPS) is 13.7. The summed E-state index contributed by atoms with van der Waals surface area (Å²) in [5.41, 5.74) is 4.31. The van der Waals surface area contributed by atoms with Crippen LogP contribution in [0.5, 0.6) is 0 Å². The van der Waals surface area contributed by atoms with Crippen molar-refractivity contribution in [3.63, 3.8) is 0 Å². The van der Waals surface area contributed by atoms with Crippen LogP contribution in [0.2, 0.25) is 0 Å². The molecule has 0 atom stereocenters. The molecule has 2 aromatic rings. The molecule has 0 aromatic heterocycles. The molecule has 0 amide bonds. The summed E-state index contributed by atoms with van der Waals surface area (Å²) in [4.78, 5) is 0. The van der Waals surface area contributed by atoms with Crippen molar-refractivity contribution in [3.8, 4) is 0 Å². The molecule has 0 spiro atoms. The van der Waals surface area contributed by atoms with Crippen molar-refractivity contribution in [1.82, 2.24) is 0 Å². The number of anilines is 2. The van der Waals surface area contributed by atoms with Gasteiger partial charge in [-0.15, -0.1) is 0 Å². The molecule has 3 rings (SSSR count). The van der Waals surface area contributed by atoms with E-state index in [-0.39, 0.29) is 5.83 Å². The van der Waals surface area contributed by atoms with Crippen LogP contribution >= 0.6 is 0 Å². The minimum atomic E-state index is -0.0284. The van der Waals surface area contributed by atoms with E-state index in [1.54, 1.807) is 6.08 Å². The zero-order valence-electron chi connectivity index (χ0n) is 9.99. The summed E-state index contributed by atoms with van der Waals surface area (Å²) in [6.07, 6.45) is 2.89. The molecule has 0 saturated heterocycles. The predicted octanol–water partition coefficient (Wildman–Crippen LogP) is 4.69. The number of allylic oxidation sites excluding steroid dienone is 1. The van der Waals surface area contributed by atoms with Crippen LogP contribution in [0.4, 0.5) is 15.8 Å². The molecule has 0 saturated carbocycles. The fourth-order valence-electron chi connectivity index (χ4n) is 2.30. The molecule has 90 valence electrons. The fourth-order valence-corrected chi connectivity index (χ4v) is 2.30. The Kier molecular flexibility index (Phi) is 2.85. The zero-order chi connectivity index (χ0) is 12.4. The average molecular weight is 239 g/mol. The monoisotopic (exact) mass is 239 g/mol. The molecule has 1 N–H and O–H groups in total. The van der Waals surface area contributed by atoms with Crippen LogP contribution in [0.15, 0.2) is 54.4 Å². The van der Waals surface area contributed by atoms with Gasteiger partial charge in [-0.3, -0.25) is 0 Å². The molecule has 0 fully saturated rings. The largest absolute Gasteiger partial charge is 0.355 e. The first-order valence-corrected chi connectivity index (χ1v) is 6.13. The van der Waals surface area contributed by atoms with Crippen LogP contribution in [0.1, 0.15) is 17.5 Å². The molecule has 0 heterocycles. The van der Waals surface area contributed by atoms with E-state index in [4.69, 9.17) is 0 Å². The SMILES string of the molecule is FC1=Cc2cccc(Nc3ccccc3)c2CC1. The lowest BCUT2D eigenvalue weighted by Gasteiger charge is -2.17. The molecular weight excluding hydrogens is 225 g/mol. The molecule has 2 heteroatoms. The number of para-hydroxylation sites is 1. The molecular formula is C16H14FN. The van der Waals surface area contributed by atoms with Crippen molar-refractivity contribution in [2.45, 2.75) is 12.8 Å². The van der Waals surface area contributed by atoms with E-state index in [9.17, 15) is 4.39 Å². The van der Waals surface area contributed by atoms with Gasteiger partial charge in [0.2, 0.25) is 0 Å². The zero-order valence-corrected chi connectivity index (χ0v) is 9.99. The van der Waals surface area contributed by atoms with Crippen LogP contribution in [-0.4, -0.2) is 0 Å². The number of nitrogens with one attached hydrogen (secondary N) is 1. The van der Waals surface area contributed by atoms with Gasteiger partial charge in [-0.25, -0.2) is 4.39 Å². The van der Waals surface area contributed by atoms with Gasteiger partial charge in [0.25, 0.3) is 0 Å². The first-order chi connectivity index (χ1) is 8.83. The molecule has 2 aromatic carbocycles. The van der Waals surface area contributed by atoms with Gasteiger partial charge < -0.3 is 5.32 Å². The van der Waals surface area contributed by atoms with E-state index < -0.39 is 0 Å². The van der Waals surface area contributed by atoms with Crippen molar-refractivity contribution in [2.24, 2.45) is 0 Å². The lowest BCUT2D eigenvalue weighted by atomic mass is 9.95. The van der Waals surface area contributed by atoms with Gasteiger partial charge >= 0.3 is 0 Å². The lowest BCUT2D eigenvalue weighted by Crippen LogP contribution is -2.02. The Morgan fingerprint density at radius 1 is 0.889 bits per heavy atom. The third kappa shape index (κ3) is 2.14. The molecule has 1 nitrogen and oxygen atoms in total. The van der Waals surface area contributed by atoms with E-state index in [2.05, 4.69) is 5.32 Å². The standard InChI is InChI=1S/C16H14FN/c17-13-9-10-15-12(11-13)5-4-8-16(15)18-14-6-2-1-3-7-14/h1-8,11,18H,9-10H2. The summed E-state index contributed by atoms with van der Waals surface area (Å²) in [5, 5.41) is 3.40. The van der Waals surface area contributed by atoms with Gasteiger partial charge in [-0.2, -0.15) is 0 Å². The Morgan fingerprint density at radius 2 is 1.72 bits per heavy atom. The second kappa shape index (κ2) is 4.65. The third-order valence-corrected chi connectivity index (χ3v) is 3.19. The fraction of sp³-hybridized carbons (Fsp3) is 0.125. The highest BCUT2D eigenvalue weighted by molar-refractivity contribution is 5.71. The van der Waals surface area contributed by atoms with Crippen LogP contribution < -0.4 is 5.32 Å². The molecule has 0 unspecified atom stereocenters. The van der Waals surface area contributed by atoms with Gasteiger partial charge in [0.15, 0.2) is 0 Å². The van der Waals surface area contributed by atoms with Gasteiger partial charge in [0, 0.05) is 17.8 Å². The molecule has 18 heavy (non-hydrogen) atoms. The summed E-state index contributed by atoms with van der Waals surface area (Å²) in [5.74, 6) is -0.0284. The Balaban J connectivity index is 1.97. The Labute approximate surface area is 106 Å². The van der Waals surface area contributed by atoms with E-state index >= 15 is 0 Å². The van der Waals surface area contributed by atoms with Gasteiger partial charge in [-0.1, -0.05) is 30.3 Å². The quantitative estimate of drug-likeness (QED) is 0.801. The Bertz CT molecular complexity index is 587. The van der Waals surface area contributed by atoms with Gasteiger partial charge in [0.05, 0.1) is 0 Å². The highest BCUT2D eigenvalue weighted by atomic mass is 19.1. The molecule has 1 aliphatic rings. The predicted molar refractivity (Wildman–Crippen MR) is 73.6 cm³/mol. The van der Waals surface area contributed by atoms with Crippen molar-refractivity contribution in [1.29, 1.82) is 0 Å². The maximum absolute atomic E-state index is 13.3. The second-order valence-electron chi connectivity index (χ2n) is 4.46. The number of halogens is 1. The topological polar surface area (TPSA) is 12.0 Å². The first-order valence-electron chi connectivity index (χ1n) is 6.13. The average Bonchev–Trinajstić information content (AvgIpc) is 2.40. The first kappa shape index (κ1) is 11.0. The van der Waals surface area contributed by atoms with E-state index in [1.807, 2.05) is 48.5 Å². The highest BCUT2D eigenvalue weighted by Crippen LogP contribution is 2.31. The summed E-state index contributed by atoms with van der Waals surface area (Å²) in [7, 11) is 0. The number of hydrogen-bond acceptors (Lipinski definition) is 1. The van der Waals surface area contributed by atoms with Gasteiger partial charge in [0.1, 0.15) is 5.83 Å². The van der Waals surface area contributed by atoms with Crippen molar-refractivity contribution in [3.05, 3.63) is 65.5 Å². The van der Waals surface area contributed by atoms with Gasteiger partial charge in [-0.05, 0) is 41.8 Å². The third-order valence-electron chi connectivity index (χ3n) is 3.19. The lowest BCUT2D eigenvalue weighted by molar-refractivity contribution is 0.591. The van der Waals surface area contributed by atoms with Crippen molar-refractivity contribution < 1.29 is 4.39 Å². The molecule has 0 bridgehead atoms. The Hall–Kier alpha value is -2.09. The molecule has 0 aliphatic heterocycles. The number of hydrogen-bond donors (Lipinski definition) is 1. The Morgan fingerprint density at radius 3 is 2.56 bits per heavy atom. The van der Waals surface area contributed by atoms with E-state index in [1.165, 1.54) is 5.56 Å². The summed E-state index contributed by atoms with van der Waals surface area (Å²) >= 11 is 0.